The molecule has 1 fully saturated rings. The first kappa shape index (κ1) is 20.7. The minimum atomic E-state index is -0.299. The number of benzene rings is 2. The van der Waals surface area contributed by atoms with Gasteiger partial charge in [0, 0.05) is 35.0 Å². The summed E-state index contributed by atoms with van der Waals surface area (Å²) in [5.41, 5.74) is 3.06. The van der Waals surface area contributed by atoms with E-state index < -0.39 is 0 Å². The van der Waals surface area contributed by atoms with Crippen molar-refractivity contribution in [2.45, 2.75) is 39.3 Å². The fraction of sp³-hybridized carbons (Fsp3) is 0.364. The zero-order valence-electron chi connectivity index (χ0n) is 15.8. The lowest BCUT2D eigenvalue weighted by molar-refractivity contribution is -0.133. The topological polar surface area (TPSA) is 58.2 Å². The summed E-state index contributed by atoms with van der Waals surface area (Å²) >= 11 is 12.0. The van der Waals surface area contributed by atoms with Crippen molar-refractivity contribution < 1.29 is 9.59 Å². The number of hydrogen-bond acceptors (Lipinski definition) is 2. The molecule has 0 heterocycles. The molecule has 0 radical (unpaired) electrons. The van der Waals surface area contributed by atoms with Gasteiger partial charge in [-0.25, -0.2) is 0 Å². The zero-order chi connectivity index (χ0) is 20.1. The summed E-state index contributed by atoms with van der Waals surface area (Å²) in [7, 11) is 0. The number of aryl methyl sites for hydroxylation is 1. The molecule has 28 heavy (non-hydrogen) atoms. The molecule has 2 N–H and O–H groups in total. The number of nitrogens with one attached hydrogen (secondary N) is 2. The van der Waals surface area contributed by atoms with Crippen molar-refractivity contribution >= 4 is 35.0 Å². The summed E-state index contributed by atoms with van der Waals surface area (Å²) in [6.45, 7) is 2.84. The van der Waals surface area contributed by atoms with Gasteiger partial charge in [-0.2, -0.15) is 0 Å². The second kappa shape index (κ2) is 9.44. The van der Waals surface area contributed by atoms with Gasteiger partial charge in [-0.05, 0) is 49.1 Å². The van der Waals surface area contributed by atoms with E-state index in [-0.39, 0.29) is 23.7 Å². The maximum absolute atomic E-state index is 12.7. The molecule has 3 rings (SSSR count). The minimum Gasteiger partial charge on any atom is -0.352 e. The van der Waals surface area contributed by atoms with Crippen molar-refractivity contribution in [2.75, 3.05) is 0 Å². The SMILES string of the molecule is Cc1cccc(CNC(=O)C2CCC[C@H]2C(=O)NCc2cc(Cl)cc(Cl)c2)c1. The first-order valence-corrected chi connectivity index (χ1v) is 10.2. The lowest BCUT2D eigenvalue weighted by Crippen LogP contribution is -2.39. The first-order chi connectivity index (χ1) is 13.4. The van der Waals surface area contributed by atoms with Gasteiger partial charge in [0.15, 0.2) is 0 Å². The van der Waals surface area contributed by atoms with E-state index in [2.05, 4.69) is 16.7 Å². The normalized spacial score (nSPS) is 18.7. The van der Waals surface area contributed by atoms with Crippen LogP contribution in [0.5, 0.6) is 0 Å². The van der Waals surface area contributed by atoms with Crippen LogP contribution in [0.4, 0.5) is 0 Å². The minimum absolute atomic E-state index is 0.0510. The summed E-state index contributed by atoms with van der Waals surface area (Å²) < 4.78 is 0. The van der Waals surface area contributed by atoms with Gasteiger partial charge in [0.25, 0.3) is 0 Å². The van der Waals surface area contributed by atoms with E-state index in [0.717, 1.165) is 36.0 Å². The molecule has 1 unspecified atom stereocenters. The average molecular weight is 419 g/mol. The number of hydrogen-bond donors (Lipinski definition) is 2. The van der Waals surface area contributed by atoms with Crippen molar-refractivity contribution in [1.82, 2.24) is 10.6 Å². The molecule has 1 aliphatic rings. The van der Waals surface area contributed by atoms with E-state index in [1.807, 2.05) is 25.1 Å². The molecule has 4 nitrogen and oxygen atoms in total. The summed E-state index contributed by atoms with van der Waals surface area (Å²) in [5, 5.41) is 6.98. The van der Waals surface area contributed by atoms with Crippen LogP contribution >= 0.6 is 23.2 Å². The Labute approximate surface area is 175 Å². The second-order valence-corrected chi connectivity index (χ2v) is 8.22. The number of carbonyl (C=O) groups is 2. The number of amides is 2. The van der Waals surface area contributed by atoms with E-state index in [9.17, 15) is 9.59 Å². The summed E-state index contributed by atoms with van der Waals surface area (Å²) in [6, 6.07) is 13.2. The molecule has 1 aliphatic carbocycles. The molecule has 0 saturated heterocycles. The van der Waals surface area contributed by atoms with Crippen LogP contribution in [-0.4, -0.2) is 11.8 Å². The van der Waals surface area contributed by atoms with Crippen LogP contribution in [0.25, 0.3) is 0 Å². The highest BCUT2D eigenvalue weighted by atomic mass is 35.5. The lowest BCUT2D eigenvalue weighted by Gasteiger charge is -2.19. The van der Waals surface area contributed by atoms with E-state index in [1.54, 1.807) is 18.2 Å². The third-order valence-corrected chi connectivity index (χ3v) is 5.56. The Balaban J connectivity index is 1.55. The van der Waals surface area contributed by atoms with Crippen molar-refractivity contribution in [2.24, 2.45) is 11.8 Å². The van der Waals surface area contributed by atoms with Crippen LogP contribution in [0, 0.1) is 18.8 Å². The smallest absolute Gasteiger partial charge is 0.224 e. The standard InChI is InChI=1S/C22H24Cl2N2O2/c1-14-4-2-5-15(8-14)12-25-21(27)19-6-3-7-20(19)22(28)26-13-16-9-17(23)11-18(24)10-16/h2,4-5,8-11,19-20H,3,6-7,12-13H2,1H3,(H,25,27)(H,26,28)/t19?,20-/m1/s1. The highest BCUT2D eigenvalue weighted by Crippen LogP contribution is 2.32. The number of rotatable bonds is 6. The van der Waals surface area contributed by atoms with Crippen LogP contribution in [0.15, 0.2) is 42.5 Å². The fourth-order valence-corrected chi connectivity index (χ4v) is 4.33. The molecule has 1 saturated carbocycles. The molecule has 2 atom stereocenters. The first-order valence-electron chi connectivity index (χ1n) is 9.48. The van der Waals surface area contributed by atoms with E-state index >= 15 is 0 Å². The Hall–Kier alpha value is -2.04. The van der Waals surface area contributed by atoms with Crippen LogP contribution < -0.4 is 10.6 Å². The quantitative estimate of drug-likeness (QED) is 0.716. The van der Waals surface area contributed by atoms with E-state index in [0.29, 0.717) is 23.1 Å². The van der Waals surface area contributed by atoms with E-state index in [4.69, 9.17) is 23.2 Å². The van der Waals surface area contributed by atoms with Crippen molar-refractivity contribution in [3.8, 4) is 0 Å². The van der Waals surface area contributed by atoms with Gasteiger partial charge < -0.3 is 10.6 Å². The van der Waals surface area contributed by atoms with Crippen LogP contribution in [-0.2, 0) is 22.7 Å². The van der Waals surface area contributed by atoms with Crippen LogP contribution in [0.2, 0.25) is 10.0 Å². The monoisotopic (exact) mass is 418 g/mol. The molecular formula is C22H24Cl2N2O2. The Morgan fingerprint density at radius 3 is 2.04 bits per heavy atom. The maximum Gasteiger partial charge on any atom is 0.224 e. The number of carbonyl (C=O) groups excluding carboxylic acids is 2. The van der Waals surface area contributed by atoms with Gasteiger partial charge in [-0.1, -0.05) is 59.5 Å². The van der Waals surface area contributed by atoms with Crippen molar-refractivity contribution in [3.05, 3.63) is 69.2 Å². The Morgan fingerprint density at radius 2 is 1.46 bits per heavy atom. The molecule has 0 bridgehead atoms. The van der Waals surface area contributed by atoms with Gasteiger partial charge in [0.1, 0.15) is 0 Å². The van der Waals surface area contributed by atoms with Crippen molar-refractivity contribution in [3.63, 3.8) is 0 Å². The molecule has 148 valence electrons. The summed E-state index contributed by atoms with van der Waals surface area (Å²) in [6.07, 6.45) is 2.34. The summed E-state index contributed by atoms with van der Waals surface area (Å²) in [5.74, 6) is -0.728. The molecule has 0 aromatic heterocycles. The number of halogens is 2. The lowest BCUT2D eigenvalue weighted by atomic mass is 9.94. The van der Waals surface area contributed by atoms with E-state index in [1.165, 1.54) is 0 Å². The van der Waals surface area contributed by atoms with Crippen molar-refractivity contribution in [1.29, 1.82) is 0 Å². The largest absolute Gasteiger partial charge is 0.352 e. The molecule has 2 aromatic carbocycles. The molecule has 2 amide bonds. The fourth-order valence-electron chi connectivity index (χ4n) is 3.76. The predicted molar refractivity (Wildman–Crippen MR) is 112 cm³/mol. The van der Waals surface area contributed by atoms with Crippen LogP contribution in [0.3, 0.4) is 0 Å². The predicted octanol–water partition coefficient (Wildman–Crippen LogP) is 4.65. The van der Waals surface area contributed by atoms with Gasteiger partial charge in [-0.3, -0.25) is 9.59 Å². The third-order valence-electron chi connectivity index (χ3n) is 5.13. The molecule has 2 aromatic rings. The Morgan fingerprint density at radius 1 is 0.893 bits per heavy atom. The highest BCUT2D eigenvalue weighted by molar-refractivity contribution is 6.34. The van der Waals surface area contributed by atoms with Gasteiger partial charge in [-0.15, -0.1) is 0 Å². The molecule has 6 heteroatoms. The zero-order valence-corrected chi connectivity index (χ0v) is 17.3. The molecule has 0 aliphatic heterocycles. The average Bonchev–Trinajstić information content (AvgIpc) is 3.13. The highest BCUT2D eigenvalue weighted by Gasteiger charge is 2.37. The summed E-state index contributed by atoms with van der Waals surface area (Å²) in [4.78, 5) is 25.3. The second-order valence-electron chi connectivity index (χ2n) is 7.35. The van der Waals surface area contributed by atoms with Crippen LogP contribution in [0.1, 0.15) is 36.0 Å². The van der Waals surface area contributed by atoms with Gasteiger partial charge >= 0.3 is 0 Å². The Kier molecular flexibility index (Phi) is 6.97. The maximum atomic E-state index is 12.7. The Bertz CT molecular complexity index is 849. The molecule has 0 spiro atoms. The third kappa shape index (κ3) is 5.49. The van der Waals surface area contributed by atoms with Gasteiger partial charge in [0.05, 0.1) is 0 Å². The van der Waals surface area contributed by atoms with Gasteiger partial charge in [0.2, 0.25) is 11.8 Å². The molecular weight excluding hydrogens is 395 g/mol.